The summed E-state index contributed by atoms with van der Waals surface area (Å²) in [6.45, 7) is 10.3. The lowest BCUT2D eigenvalue weighted by atomic mass is 9.92. The molecule has 2 N–H and O–H groups in total. The van der Waals surface area contributed by atoms with Gasteiger partial charge in [0.1, 0.15) is 5.65 Å². The molecule has 0 spiro atoms. The minimum absolute atomic E-state index is 0.0789. The van der Waals surface area contributed by atoms with Gasteiger partial charge in [0.25, 0.3) is 5.56 Å². The summed E-state index contributed by atoms with van der Waals surface area (Å²) in [7, 11) is 2.02. The van der Waals surface area contributed by atoms with Crippen LogP contribution in [-0.2, 0) is 17.8 Å². The van der Waals surface area contributed by atoms with Crippen LogP contribution in [0.4, 0.5) is 11.6 Å². The highest BCUT2D eigenvalue weighted by molar-refractivity contribution is 7.96. The molecule has 0 radical (unpaired) electrons. The minimum Gasteiger partial charge on any atom is -0.341 e. The molecule has 0 saturated carbocycles. The molecule has 2 saturated heterocycles. The van der Waals surface area contributed by atoms with Gasteiger partial charge in [-0.1, -0.05) is 24.1 Å². The number of carbonyl (C=O) groups excluding carboxylic acids is 1. The van der Waals surface area contributed by atoms with E-state index in [2.05, 4.69) is 44.2 Å². The first-order valence-electron chi connectivity index (χ1n) is 16.3. The standard InChI is InChI=1S/C34H45N9O2S/c1-22-31(23(2)43(39-22)29-12-14-41(21-29)24(3)44)30-18-27-20-36-34(38-32(27)42(33(30)45)16-15-40(4)46-5)37-28-10-8-25(9-11-28)17-26-7-6-13-35-19-26/h8-11,18,20,26,29,35H,6-7,12-17,19,21H2,1-5H3,(H,36,37,38). The number of benzene rings is 1. The average Bonchev–Trinajstić information content (AvgIpc) is 3.66. The highest BCUT2D eigenvalue weighted by Gasteiger charge is 2.29. The molecule has 244 valence electrons. The third-order valence-corrected chi connectivity index (χ3v) is 10.3. The quantitative estimate of drug-likeness (QED) is 0.240. The molecule has 2 fully saturated rings. The van der Waals surface area contributed by atoms with Crippen molar-refractivity contribution in [2.75, 3.05) is 51.3 Å². The molecule has 1 amide bonds. The number of hydrogen-bond donors (Lipinski definition) is 2. The Kier molecular flexibility index (Phi) is 9.76. The van der Waals surface area contributed by atoms with Crippen molar-refractivity contribution in [1.82, 2.24) is 38.8 Å². The van der Waals surface area contributed by atoms with E-state index in [4.69, 9.17) is 10.1 Å². The minimum atomic E-state index is -0.101. The van der Waals surface area contributed by atoms with Crippen LogP contribution in [0.1, 0.15) is 49.2 Å². The lowest BCUT2D eigenvalue weighted by Gasteiger charge is -2.22. The highest BCUT2D eigenvalue weighted by atomic mass is 32.2. The Hall–Kier alpha value is -3.74. The van der Waals surface area contributed by atoms with E-state index in [-0.39, 0.29) is 17.5 Å². The summed E-state index contributed by atoms with van der Waals surface area (Å²) in [6.07, 6.45) is 8.26. The number of nitrogens with zero attached hydrogens (tertiary/aromatic N) is 7. The van der Waals surface area contributed by atoms with Crippen molar-refractivity contribution in [3.63, 3.8) is 0 Å². The van der Waals surface area contributed by atoms with Crippen LogP contribution in [0, 0.1) is 19.8 Å². The normalized spacial score (nSPS) is 18.5. The molecule has 6 rings (SSSR count). The zero-order chi connectivity index (χ0) is 32.4. The first-order valence-corrected chi connectivity index (χ1v) is 17.4. The molecular formula is C34H45N9O2S. The highest BCUT2D eigenvalue weighted by Crippen LogP contribution is 2.31. The van der Waals surface area contributed by atoms with Gasteiger partial charge in [-0.05, 0) is 95.6 Å². The summed E-state index contributed by atoms with van der Waals surface area (Å²) in [5.74, 6) is 1.22. The van der Waals surface area contributed by atoms with E-state index < -0.39 is 0 Å². The van der Waals surface area contributed by atoms with Crippen LogP contribution < -0.4 is 16.2 Å². The van der Waals surface area contributed by atoms with Gasteiger partial charge in [-0.25, -0.2) is 4.98 Å². The second-order valence-corrected chi connectivity index (χ2v) is 13.6. The van der Waals surface area contributed by atoms with Gasteiger partial charge in [-0.3, -0.25) is 23.1 Å². The number of likely N-dealkylation sites (N-methyl/N-ethyl adjacent to an activating group) is 1. The van der Waals surface area contributed by atoms with Crippen LogP contribution in [-0.4, -0.2) is 85.5 Å². The van der Waals surface area contributed by atoms with Crippen LogP contribution in [0.5, 0.6) is 0 Å². The zero-order valence-electron chi connectivity index (χ0n) is 27.5. The van der Waals surface area contributed by atoms with Gasteiger partial charge in [0.2, 0.25) is 11.9 Å². The maximum atomic E-state index is 14.3. The van der Waals surface area contributed by atoms with Gasteiger partial charge in [-0.2, -0.15) is 10.1 Å². The number of nitrogens with one attached hydrogen (secondary N) is 2. The number of aryl methyl sites for hydroxylation is 1. The van der Waals surface area contributed by atoms with E-state index in [1.165, 1.54) is 18.4 Å². The maximum Gasteiger partial charge on any atom is 0.260 e. The Morgan fingerprint density at radius 2 is 2.00 bits per heavy atom. The summed E-state index contributed by atoms with van der Waals surface area (Å²) >= 11 is 1.63. The van der Waals surface area contributed by atoms with Gasteiger partial charge in [-0.15, -0.1) is 0 Å². The van der Waals surface area contributed by atoms with E-state index in [9.17, 15) is 9.59 Å². The molecule has 2 unspecified atom stereocenters. The predicted molar refractivity (Wildman–Crippen MR) is 186 cm³/mol. The molecule has 5 heterocycles. The lowest BCUT2D eigenvalue weighted by molar-refractivity contribution is -0.127. The summed E-state index contributed by atoms with van der Waals surface area (Å²) in [5.41, 5.74) is 5.89. The molecule has 3 aromatic heterocycles. The first kappa shape index (κ1) is 32.2. The van der Waals surface area contributed by atoms with Crippen molar-refractivity contribution >= 4 is 40.5 Å². The van der Waals surface area contributed by atoms with Gasteiger partial charge in [0.05, 0.1) is 17.3 Å². The van der Waals surface area contributed by atoms with E-state index in [1.807, 2.05) is 42.8 Å². The third-order valence-electron chi connectivity index (χ3n) is 9.46. The monoisotopic (exact) mass is 643 g/mol. The number of carbonyl (C=O) groups is 1. The summed E-state index contributed by atoms with van der Waals surface area (Å²) in [6, 6.07) is 10.5. The second kappa shape index (κ2) is 13.9. The van der Waals surface area contributed by atoms with E-state index in [0.717, 1.165) is 60.5 Å². The third kappa shape index (κ3) is 6.84. The Bertz CT molecular complexity index is 1760. The molecule has 46 heavy (non-hydrogen) atoms. The molecule has 2 aliphatic rings. The number of piperidine rings is 1. The summed E-state index contributed by atoms with van der Waals surface area (Å²) in [4.78, 5) is 37.7. The molecule has 11 nitrogen and oxygen atoms in total. The number of anilines is 2. The molecule has 1 aromatic carbocycles. The fourth-order valence-corrected chi connectivity index (χ4v) is 7.12. The number of aromatic nitrogens is 5. The van der Waals surface area contributed by atoms with Crippen LogP contribution >= 0.6 is 11.9 Å². The van der Waals surface area contributed by atoms with Crippen molar-refractivity contribution in [2.24, 2.45) is 5.92 Å². The van der Waals surface area contributed by atoms with E-state index in [0.29, 0.717) is 42.7 Å². The van der Waals surface area contributed by atoms with Gasteiger partial charge in [0, 0.05) is 61.6 Å². The van der Waals surface area contributed by atoms with Gasteiger partial charge in [0.15, 0.2) is 0 Å². The van der Waals surface area contributed by atoms with Crippen molar-refractivity contribution < 1.29 is 4.79 Å². The molecule has 2 atom stereocenters. The smallest absolute Gasteiger partial charge is 0.260 e. The number of hydrogen-bond acceptors (Lipinski definition) is 9. The summed E-state index contributed by atoms with van der Waals surface area (Å²) < 4.78 is 5.88. The summed E-state index contributed by atoms with van der Waals surface area (Å²) in [5, 5.41) is 12.5. The SMILES string of the molecule is CSN(C)CCn1c(=O)c(-c2c(C)nn(C3CCN(C(C)=O)C3)c2C)cc2cnc(Nc3ccc(CC4CCCNC4)cc3)nc21. The van der Waals surface area contributed by atoms with Crippen LogP contribution in [0.3, 0.4) is 0 Å². The Morgan fingerprint density at radius 1 is 1.20 bits per heavy atom. The number of rotatable bonds is 10. The van der Waals surface area contributed by atoms with Crippen molar-refractivity contribution in [2.45, 2.75) is 59.0 Å². The first-order chi connectivity index (χ1) is 22.2. The van der Waals surface area contributed by atoms with Crippen molar-refractivity contribution in [1.29, 1.82) is 0 Å². The zero-order valence-corrected chi connectivity index (χ0v) is 28.4. The average molecular weight is 644 g/mol. The van der Waals surface area contributed by atoms with E-state index >= 15 is 0 Å². The Balaban J connectivity index is 1.31. The molecule has 0 bridgehead atoms. The Labute approximate surface area is 274 Å². The number of fused-ring (bicyclic) bond motifs is 1. The number of likely N-dealkylation sites (tertiary alicyclic amines) is 1. The number of amides is 1. The lowest BCUT2D eigenvalue weighted by Crippen LogP contribution is -2.30. The van der Waals surface area contributed by atoms with Crippen molar-refractivity contribution in [3.8, 4) is 11.1 Å². The molecular weight excluding hydrogens is 599 g/mol. The van der Waals surface area contributed by atoms with Gasteiger partial charge >= 0.3 is 0 Å². The molecule has 4 aromatic rings. The van der Waals surface area contributed by atoms with Crippen LogP contribution in [0.2, 0.25) is 0 Å². The fraction of sp³-hybridized carbons (Fsp3) is 0.500. The molecule has 2 aliphatic heterocycles. The fourth-order valence-electron chi connectivity index (χ4n) is 6.86. The topological polar surface area (TPSA) is 113 Å². The van der Waals surface area contributed by atoms with Crippen LogP contribution in [0.25, 0.3) is 22.2 Å². The largest absolute Gasteiger partial charge is 0.341 e. The Morgan fingerprint density at radius 3 is 2.70 bits per heavy atom. The van der Waals surface area contributed by atoms with Crippen LogP contribution in [0.15, 0.2) is 41.3 Å². The molecule has 0 aliphatic carbocycles. The second-order valence-electron chi connectivity index (χ2n) is 12.7. The number of pyridine rings is 1. The van der Waals surface area contributed by atoms with Gasteiger partial charge < -0.3 is 15.5 Å². The van der Waals surface area contributed by atoms with Crippen molar-refractivity contribution in [3.05, 3.63) is 63.8 Å². The predicted octanol–water partition coefficient (Wildman–Crippen LogP) is 4.56. The van der Waals surface area contributed by atoms with E-state index in [1.54, 1.807) is 29.6 Å². The maximum absolute atomic E-state index is 14.3. The molecule has 12 heteroatoms.